The molecule has 0 spiro atoms. The van der Waals surface area contributed by atoms with Crippen LogP contribution in [0.5, 0.6) is 0 Å². The Balaban J connectivity index is 1.87. The summed E-state index contributed by atoms with van der Waals surface area (Å²) in [5.41, 5.74) is 7.10. The number of aliphatic imine (C=N–C) groups is 1. The first-order valence-corrected chi connectivity index (χ1v) is 7.65. The molecule has 2 rings (SSSR count). The zero-order valence-corrected chi connectivity index (χ0v) is 13.1. The van der Waals surface area contributed by atoms with E-state index in [1.54, 1.807) is 0 Å². The Morgan fingerprint density at radius 3 is 2.55 bits per heavy atom. The molecule has 1 aliphatic carbocycles. The van der Waals surface area contributed by atoms with Crippen LogP contribution in [0.25, 0.3) is 0 Å². The SMILES string of the molecule is CC(C)(CN=C(N)NCC1CCC1)c1ccc(Cl)cc1. The molecule has 20 heavy (non-hydrogen) atoms. The van der Waals surface area contributed by atoms with Crippen molar-refractivity contribution >= 4 is 17.6 Å². The van der Waals surface area contributed by atoms with Gasteiger partial charge in [0.1, 0.15) is 0 Å². The van der Waals surface area contributed by atoms with E-state index >= 15 is 0 Å². The van der Waals surface area contributed by atoms with Gasteiger partial charge in [-0.25, -0.2) is 0 Å². The van der Waals surface area contributed by atoms with Gasteiger partial charge in [-0.2, -0.15) is 0 Å². The zero-order chi connectivity index (χ0) is 14.6. The molecule has 3 nitrogen and oxygen atoms in total. The van der Waals surface area contributed by atoms with Crippen molar-refractivity contribution < 1.29 is 0 Å². The van der Waals surface area contributed by atoms with Crippen molar-refractivity contribution in [2.24, 2.45) is 16.6 Å². The van der Waals surface area contributed by atoms with Crippen LogP contribution in [0.4, 0.5) is 0 Å². The molecule has 110 valence electrons. The van der Waals surface area contributed by atoms with Crippen molar-refractivity contribution in [3.05, 3.63) is 34.9 Å². The van der Waals surface area contributed by atoms with Crippen molar-refractivity contribution in [2.45, 2.75) is 38.5 Å². The third-order valence-corrected chi connectivity index (χ3v) is 4.32. The van der Waals surface area contributed by atoms with Gasteiger partial charge in [-0.3, -0.25) is 4.99 Å². The summed E-state index contributed by atoms with van der Waals surface area (Å²) in [4.78, 5) is 4.48. The fraction of sp³-hybridized carbons (Fsp3) is 0.562. The molecule has 0 amide bonds. The lowest BCUT2D eigenvalue weighted by molar-refractivity contribution is 0.315. The number of nitrogens with zero attached hydrogens (tertiary/aromatic N) is 1. The number of rotatable bonds is 5. The second kappa shape index (κ2) is 6.49. The number of hydrogen-bond acceptors (Lipinski definition) is 1. The first-order valence-electron chi connectivity index (χ1n) is 7.27. The van der Waals surface area contributed by atoms with Gasteiger partial charge in [0.2, 0.25) is 0 Å². The lowest BCUT2D eigenvalue weighted by Crippen LogP contribution is -2.38. The van der Waals surface area contributed by atoms with Crippen LogP contribution >= 0.6 is 11.6 Å². The minimum absolute atomic E-state index is 0.0483. The van der Waals surface area contributed by atoms with Crippen molar-refractivity contribution in [3.8, 4) is 0 Å². The van der Waals surface area contributed by atoms with Crippen LogP contribution in [-0.4, -0.2) is 19.0 Å². The third kappa shape index (κ3) is 4.14. The topological polar surface area (TPSA) is 50.4 Å². The van der Waals surface area contributed by atoms with Crippen molar-refractivity contribution in [2.75, 3.05) is 13.1 Å². The van der Waals surface area contributed by atoms with Crippen LogP contribution in [0.2, 0.25) is 5.02 Å². The van der Waals surface area contributed by atoms with E-state index in [4.69, 9.17) is 17.3 Å². The van der Waals surface area contributed by atoms with Gasteiger partial charge < -0.3 is 11.1 Å². The minimum atomic E-state index is -0.0483. The monoisotopic (exact) mass is 293 g/mol. The van der Waals surface area contributed by atoms with Crippen molar-refractivity contribution in [1.82, 2.24) is 5.32 Å². The van der Waals surface area contributed by atoms with Gasteiger partial charge in [0.15, 0.2) is 5.96 Å². The van der Waals surface area contributed by atoms with Gasteiger partial charge in [0.05, 0.1) is 6.54 Å². The summed E-state index contributed by atoms with van der Waals surface area (Å²) in [5, 5.41) is 3.98. The molecule has 3 N–H and O–H groups in total. The second-order valence-electron chi connectivity index (χ2n) is 6.27. The van der Waals surface area contributed by atoms with E-state index in [9.17, 15) is 0 Å². The standard InChI is InChI=1S/C16H24ClN3/c1-16(2,13-6-8-14(17)9-7-13)11-20-15(18)19-10-12-4-3-5-12/h6-9,12H,3-5,10-11H2,1-2H3,(H3,18,19,20). The predicted molar refractivity (Wildman–Crippen MR) is 86.3 cm³/mol. The Labute approximate surface area is 126 Å². The normalized spacial score (nSPS) is 16.9. The smallest absolute Gasteiger partial charge is 0.188 e. The first-order chi connectivity index (χ1) is 9.47. The van der Waals surface area contributed by atoms with E-state index in [0.717, 1.165) is 17.5 Å². The maximum absolute atomic E-state index is 5.93. The number of hydrogen-bond donors (Lipinski definition) is 2. The molecule has 0 aliphatic heterocycles. The molecular weight excluding hydrogens is 270 g/mol. The summed E-state index contributed by atoms with van der Waals surface area (Å²) in [6.45, 7) is 5.95. The molecule has 0 radical (unpaired) electrons. The Hall–Kier alpha value is -1.22. The van der Waals surface area contributed by atoms with Crippen LogP contribution < -0.4 is 11.1 Å². The molecule has 1 fully saturated rings. The quantitative estimate of drug-likeness (QED) is 0.646. The van der Waals surface area contributed by atoms with E-state index in [0.29, 0.717) is 12.5 Å². The first kappa shape index (κ1) is 15.2. The summed E-state index contributed by atoms with van der Waals surface area (Å²) in [6, 6.07) is 7.94. The summed E-state index contributed by atoms with van der Waals surface area (Å²) >= 11 is 5.92. The van der Waals surface area contributed by atoms with Gasteiger partial charge in [-0.15, -0.1) is 0 Å². The highest BCUT2D eigenvalue weighted by atomic mass is 35.5. The van der Waals surface area contributed by atoms with Crippen LogP contribution in [0.3, 0.4) is 0 Å². The molecule has 0 saturated heterocycles. The average molecular weight is 294 g/mol. The van der Waals surface area contributed by atoms with E-state index in [1.807, 2.05) is 12.1 Å². The lowest BCUT2D eigenvalue weighted by atomic mass is 9.85. The maximum Gasteiger partial charge on any atom is 0.188 e. The third-order valence-electron chi connectivity index (χ3n) is 4.07. The summed E-state index contributed by atoms with van der Waals surface area (Å²) in [6.07, 6.45) is 3.99. The maximum atomic E-state index is 5.93. The van der Waals surface area contributed by atoms with Gasteiger partial charge in [-0.1, -0.05) is 44.0 Å². The molecule has 1 saturated carbocycles. The highest BCUT2D eigenvalue weighted by Crippen LogP contribution is 2.26. The van der Waals surface area contributed by atoms with Gasteiger partial charge in [0.25, 0.3) is 0 Å². The highest BCUT2D eigenvalue weighted by molar-refractivity contribution is 6.30. The zero-order valence-electron chi connectivity index (χ0n) is 12.3. The number of benzene rings is 1. The van der Waals surface area contributed by atoms with Crippen LogP contribution in [-0.2, 0) is 5.41 Å². The van der Waals surface area contributed by atoms with E-state index in [1.165, 1.54) is 24.8 Å². The fourth-order valence-corrected chi connectivity index (χ4v) is 2.40. The summed E-state index contributed by atoms with van der Waals surface area (Å²) in [5.74, 6) is 1.34. The Morgan fingerprint density at radius 1 is 1.35 bits per heavy atom. The molecule has 0 unspecified atom stereocenters. The molecular formula is C16H24ClN3. The van der Waals surface area contributed by atoms with Crippen LogP contribution in [0, 0.1) is 5.92 Å². The molecule has 0 atom stereocenters. The van der Waals surface area contributed by atoms with E-state index < -0.39 is 0 Å². The minimum Gasteiger partial charge on any atom is -0.370 e. The predicted octanol–water partition coefficient (Wildman–Crippen LogP) is 3.32. The number of guanidine groups is 1. The molecule has 0 heterocycles. The molecule has 4 heteroatoms. The number of halogens is 1. The number of nitrogens with two attached hydrogens (primary N) is 1. The van der Waals surface area contributed by atoms with Crippen LogP contribution in [0.15, 0.2) is 29.3 Å². The summed E-state index contributed by atoms with van der Waals surface area (Å²) in [7, 11) is 0. The Morgan fingerprint density at radius 2 is 2.00 bits per heavy atom. The van der Waals surface area contributed by atoms with Gasteiger partial charge in [-0.05, 0) is 36.5 Å². The second-order valence-corrected chi connectivity index (χ2v) is 6.71. The molecule has 1 aromatic carbocycles. The largest absolute Gasteiger partial charge is 0.370 e. The van der Waals surface area contributed by atoms with Gasteiger partial charge in [0, 0.05) is 17.0 Å². The van der Waals surface area contributed by atoms with E-state index in [2.05, 4.69) is 36.3 Å². The average Bonchev–Trinajstić information content (AvgIpc) is 2.35. The highest BCUT2D eigenvalue weighted by Gasteiger charge is 2.20. The molecule has 0 bridgehead atoms. The molecule has 0 aromatic heterocycles. The van der Waals surface area contributed by atoms with Crippen molar-refractivity contribution in [3.63, 3.8) is 0 Å². The van der Waals surface area contributed by atoms with Gasteiger partial charge >= 0.3 is 0 Å². The van der Waals surface area contributed by atoms with Crippen LogP contribution in [0.1, 0.15) is 38.7 Å². The van der Waals surface area contributed by atoms with E-state index in [-0.39, 0.29) is 5.41 Å². The molecule has 1 aliphatic rings. The Kier molecular flexibility index (Phi) is 4.92. The van der Waals surface area contributed by atoms with Crippen molar-refractivity contribution in [1.29, 1.82) is 0 Å². The summed E-state index contributed by atoms with van der Waals surface area (Å²) < 4.78 is 0. The molecule has 1 aromatic rings. The number of nitrogens with one attached hydrogen (secondary N) is 1. The lowest BCUT2D eigenvalue weighted by Gasteiger charge is -2.26. The Bertz CT molecular complexity index is 461. The fourth-order valence-electron chi connectivity index (χ4n) is 2.28.